The SMILES string of the molecule is Cc1nn(Cc2ccccc2)c(C)c1CNC(=O)CN1CCC(C(=O)Nc2ccccn2)CC1. The number of nitrogens with one attached hydrogen (secondary N) is 2. The molecule has 0 radical (unpaired) electrons. The van der Waals surface area contributed by atoms with E-state index in [1.165, 1.54) is 5.56 Å². The predicted octanol–water partition coefficient (Wildman–Crippen LogP) is 2.91. The minimum absolute atomic E-state index is 0.00117. The van der Waals surface area contributed by atoms with Gasteiger partial charge in [-0.3, -0.25) is 19.2 Å². The molecule has 1 aliphatic rings. The van der Waals surface area contributed by atoms with Gasteiger partial charge in [-0.1, -0.05) is 36.4 Å². The van der Waals surface area contributed by atoms with Crippen molar-refractivity contribution in [2.75, 3.05) is 25.0 Å². The highest BCUT2D eigenvalue weighted by Gasteiger charge is 2.26. The lowest BCUT2D eigenvalue weighted by Crippen LogP contribution is -2.43. The largest absolute Gasteiger partial charge is 0.351 e. The average molecular weight is 461 g/mol. The Hall–Kier alpha value is -3.52. The van der Waals surface area contributed by atoms with Gasteiger partial charge in [-0.15, -0.1) is 0 Å². The van der Waals surface area contributed by atoms with E-state index in [4.69, 9.17) is 0 Å². The standard InChI is InChI=1S/C26H32N6O2/c1-19-23(20(2)32(30-19)17-21-8-4-3-5-9-21)16-28-25(33)18-31-14-11-22(12-15-31)26(34)29-24-10-6-7-13-27-24/h3-10,13,22H,11-12,14-18H2,1-2H3,(H,28,33)(H,27,29,34). The molecule has 0 spiro atoms. The fourth-order valence-electron chi connectivity index (χ4n) is 4.36. The maximum absolute atomic E-state index is 12.6. The molecule has 3 aromatic rings. The molecule has 178 valence electrons. The second-order valence-electron chi connectivity index (χ2n) is 8.82. The van der Waals surface area contributed by atoms with Gasteiger partial charge in [0.2, 0.25) is 11.8 Å². The van der Waals surface area contributed by atoms with E-state index in [2.05, 4.69) is 37.7 Å². The Morgan fingerprint density at radius 2 is 1.76 bits per heavy atom. The van der Waals surface area contributed by atoms with Crippen LogP contribution in [0, 0.1) is 19.8 Å². The van der Waals surface area contributed by atoms with E-state index < -0.39 is 0 Å². The number of likely N-dealkylation sites (tertiary alicyclic amines) is 1. The lowest BCUT2D eigenvalue weighted by molar-refractivity contribution is -0.123. The molecular formula is C26H32N6O2. The van der Waals surface area contributed by atoms with E-state index in [-0.39, 0.29) is 17.7 Å². The van der Waals surface area contributed by atoms with Crippen LogP contribution in [0.5, 0.6) is 0 Å². The van der Waals surface area contributed by atoms with Crippen molar-refractivity contribution in [2.24, 2.45) is 5.92 Å². The molecule has 8 heteroatoms. The number of aromatic nitrogens is 3. The van der Waals surface area contributed by atoms with Gasteiger partial charge in [-0.25, -0.2) is 4.98 Å². The molecule has 2 aromatic heterocycles. The molecule has 8 nitrogen and oxygen atoms in total. The van der Waals surface area contributed by atoms with E-state index in [1.807, 2.05) is 48.9 Å². The van der Waals surface area contributed by atoms with Crippen LogP contribution >= 0.6 is 0 Å². The van der Waals surface area contributed by atoms with Crippen molar-refractivity contribution in [1.82, 2.24) is 25.0 Å². The van der Waals surface area contributed by atoms with E-state index in [0.717, 1.165) is 42.9 Å². The summed E-state index contributed by atoms with van der Waals surface area (Å²) in [6.45, 7) is 6.99. The van der Waals surface area contributed by atoms with Crippen molar-refractivity contribution in [2.45, 2.75) is 39.8 Å². The molecule has 0 aliphatic carbocycles. The number of carbonyl (C=O) groups is 2. The molecule has 0 atom stereocenters. The Labute approximate surface area is 200 Å². The number of pyridine rings is 1. The normalized spacial score (nSPS) is 14.6. The molecule has 1 aromatic carbocycles. The minimum Gasteiger partial charge on any atom is -0.351 e. The fourth-order valence-corrected chi connectivity index (χ4v) is 4.36. The Bertz CT molecular complexity index is 1110. The first-order chi connectivity index (χ1) is 16.5. The van der Waals surface area contributed by atoms with Gasteiger partial charge in [0, 0.05) is 29.9 Å². The number of aryl methyl sites for hydroxylation is 1. The lowest BCUT2D eigenvalue weighted by atomic mass is 9.96. The molecular weight excluding hydrogens is 428 g/mol. The number of piperidine rings is 1. The summed E-state index contributed by atoms with van der Waals surface area (Å²) in [7, 11) is 0. The highest BCUT2D eigenvalue weighted by Crippen LogP contribution is 2.19. The van der Waals surface area contributed by atoms with Gasteiger partial charge in [0.15, 0.2) is 0 Å². The number of amides is 2. The molecule has 4 rings (SSSR count). The first kappa shape index (κ1) is 23.6. The summed E-state index contributed by atoms with van der Waals surface area (Å²) in [6.07, 6.45) is 3.13. The summed E-state index contributed by atoms with van der Waals surface area (Å²) < 4.78 is 1.99. The second-order valence-corrected chi connectivity index (χ2v) is 8.82. The van der Waals surface area contributed by atoms with Gasteiger partial charge in [-0.2, -0.15) is 5.10 Å². The van der Waals surface area contributed by atoms with Crippen molar-refractivity contribution in [3.05, 3.63) is 77.2 Å². The molecule has 2 amide bonds. The van der Waals surface area contributed by atoms with Gasteiger partial charge in [0.05, 0.1) is 18.8 Å². The van der Waals surface area contributed by atoms with Crippen LogP contribution in [0.1, 0.15) is 35.4 Å². The van der Waals surface area contributed by atoms with Gasteiger partial charge in [0.25, 0.3) is 0 Å². The first-order valence-electron chi connectivity index (χ1n) is 11.8. The van der Waals surface area contributed by atoms with Crippen LogP contribution in [0.15, 0.2) is 54.7 Å². The number of anilines is 1. The van der Waals surface area contributed by atoms with E-state index >= 15 is 0 Å². The van der Waals surface area contributed by atoms with Crippen molar-refractivity contribution in [3.63, 3.8) is 0 Å². The molecule has 0 bridgehead atoms. The molecule has 0 unspecified atom stereocenters. The molecule has 2 N–H and O–H groups in total. The summed E-state index contributed by atoms with van der Waals surface area (Å²) >= 11 is 0. The van der Waals surface area contributed by atoms with Crippen LogP contribution in [-0.4, -0.2) is 51.1 Å². The number of rotatable bonds is 8. The van der Waals surface area contributed by atoms with Gasteiger partial charge >= 0.3 is 0 Å². The van der Waals surface area contributed by atoms with Crippen LogP contribution in [-0.2, 0) is 22.7 Å². The third-order valence-electron chi connectivity index (χ3n) is 6.41. The summed E-state index contributed by atoms with van der Waals surface area (Å²) in [5, 5.41) is 10.6. The van der Waals surface area contributed by atoms with Gasteiger partial charge in [0.1, 0.15) is 5.82 Å². The predicted molar refractivity (Wildman–Crippen MR) is 131 cm³/mol. The smallest absolute Gasteiger partial charge is 0.234 e. The van der Waals surface area contributed by atoms with Crippen LogP contribution in [0.3, 0.4) is 0 Å². The monoisotopic (exact) mass is 460 g/mol. The van der Waals surface area contributed by atoms with Gasteiger partial charge < -0.3 is 10.6 Å². The Balaban J connectivity index is 1.22. The molecule has 0 saturated carbocycles. The summed E-state index contributed by atoms with van der Waals surface area (Å²) in [4.78, 5) is 31.3. The van der Waals surface area contributed by atoms with Crippen LogP contribution < -0.4 is 10.6 Å². The molecule has 1 saturated heterocycles. The summed E-state index contributed by atoms with van der Waals surface area (Å²) in [6, 6.07) is 15.7. The zero-order valence-corrected chi connectivity index (χ0v) is 19.8. The number of hydrogen-bond acceptors (Lipinski definition) is 5. The van der Waals surface area contributed by atoms with Crippen LogP contribution in [0.2, 0.25) is 0 Å². The Kier molecular flexibility index (Phi) is 7.69. The summed E-state index contributed by atoms with van der Waals surface area (Å²) in [5.41, 5.74) is 4.27. The number of hydrogen-bond donors (Lipinski definition) is 2. The molecule has 1 fully saturated rings. The lowest BCUT2D eigenvalue weighted by Gasteiger charge is -2.30. The zero-order chi connectivity index (χ0) is 23.9. The zero-order valence-electron chi connectivity index (χ0n) is 19.8. The quantitative estimate of drug-likeness (QED) is 0.539. The first-order valence-corrected chi connectivity index (χ1v) is 11.8. The minimum atomic E-state index is -0.0536. The number of benzene rings is 1. The van der Waals surface area contributed by atoms with E-state index in [0.29, 0.717) is 25.5 Å². The highest BCUT2D eigenvalue weighted by molar-refractivity contribution is 5.91. The van der Waals surface area contributed by atoms with Crippen molar-refractivity contribution < 1.29 is 9.59 Å². The highest BCUT2D eigenvalue weighted by atomic mass is 16.2. The third-order valence-corrected chi connectivity index (χ3v) is 6.41. The number of nitrogens with zero attached hydrogens (tertiary/aromatic N) is 4. The second kappa shape index (κ2) is 11.1. The maximum atomic E-state index is 12.6. The maximum Gasteiger partial charge on any atom is 0.234 e. The third kappa shape index (κ3) is 6.08. The molecule has 34 heavy (non-hydrogen) atoms. The topological polar surface area (TPSA) is 92.2 Å². The van der Waals surface area contributed by atoms with E-state index in [9.17, 15) is 9.59 Å². The van der Waals surface area contributed by atoms with Crippen LogP contribution in [0.4, 0.5) is 5.82 Å². The Morgan fingerprint density at radius 1 is 1.03 bits per heavy atom. The van der Waals surface area contributed by atoms with Crippen molar-refractivity contribution in [3.8, 4) is 0 Å². The summed E-state index contributed by atoms with van der Waals surface area (Å²) in [5.74, 6) is 0.515. The average Bonchev–Trinajstić information content (AvgIpc) is 3.11. The molecule has 3 heterocycles. The van der Waals surface area contributed by atoms with Crippen molar-refractivity contribution in [1.29, 1.82) is 0 Å². The fraction of sp³-hybridized carbons (Fsp3) is 0.385. The Morgan fingerprint density at radius 3 is 2.47 bits per heavy atom. The van der Waals surface area contributed by atoms with Crippen molar-refractivity contribution >= 4 is 17.6 Å². The van der Waals surface area contributed by atoms with Crippen LogP contribution in [0.25, 0.3) is 0 Å². The number of carbonyl (C=O) groups excluding carboxylic acids is 2. The van der Waals surface area contributed by atoms with E-state index in [1.54, 1.807) is 12.3 Å². The molecule has 1 aliphatic heterocycles. The van der Waals surface area contributed by atoms with Gasteiger partial charge in [-0.05, 0) is 57.5 Å².